The topological polar surface area (TPSA) is 83.7 Å². The van der Waals surface area contributed by atoms with Crippen LogP contribution in [-0.4, -0.2) is 39.3 Å². The zero-order valence-electron chi connectivity index (χ0n) is 10.4. The number of nitrogens with one attached hydrogen (secondary N) is 1. The lowest BCUT2D eigenvalue weighted by Crippen LogP contribution is -2.40. The van der Waals surface area contributed by atoms with Crippen molar-refractivity contribution in [3.05, 3.63) is 23.5 Å². The predicted molar refractivity (Wildman–Crippen MR) is 74.0 cm³/mol. The summed E-state index contributed by atoms with van der Waals surface area (Å²) in [6.45, 7) is 1.78. The fourth-order valence-corrected chi connectivity index (χ4v) is 2.39. The maximum Gasteiger partial charge on any atom is 0.245 e. The average molecular weight is 279 g/mol. The molecular weight excluding hydrogens is 264 g/mol. The van der Waals surface area contributed by atoms with E-state index in [0.29, 0.717) is 22.8 Å². The summed E-state index contributed by atoms with van der Waals surface area (Å²) < 4.78 is 0. The minimum atomic E-state index is 0.296. The van der Waals surface area contributed by atoms with Crippen LogP contribution in [0.15, 0.2) is 18.5 Å². The number of pyridine rings is 1. The number of piperidine rings is 1. The van der Waals surface area contributed by atoms with Gasteiger partial charge in [-0.1, -0.05) is 11.6 Å². The van der Waals surface area contributed by atoms with Gasteiger partial charge in [-0.05, 0) is 18.9 Å². The summed E-state index contributed by atoms with van der Waals surface area (Å²) in [6, 6.07) is 2.11. The molecule has 1 saturated heterocycles. The Hall–Kier alpha value is -1.66. The lowest BCUT2D eigenvalue weighted by Gasteiger charge is -2.28. The van der Waals surface area contributed by atoms with Crippen LogP contribution in [0.25, 0.3) is 11.4 Å². The van der Waals surface area contributed by atoms with Gasteiger partial charge < -0.3 is 10.6 Å². The van der Waals surface area contributed by atoms with Gasteiger partial charge in [-0.25, -0.2) is 0 Å². The fraction of sp³-hybridized carbons (Fsp3) is 0.417. The second-order valence-electron chi connectivity index (χ2n) is 4.66. The second-order valence-corrected chi connectivity index (χ2v) is 5.07. The van der Waals surface area contributed by atoms with Crippen molar-refractivity contribution in [2.24, 2.45) is 5.73 Å². The highest BCUT2D eigenvalue weighted by molar-refractivity contribution is 6.33. The number of H-pyrrole nitrogens is 1. The molecular formula is C12H15ClN6. The maximum absolute atomic E-state index is 6.09. The van der Waals surface area contributed by atoms with E-state index in [4.69, 9.17) is 17.3 Å². The Morgan fingerprint density at radius 2 is 2.16 bits per heavy atom. The van der Waals surface area contributed by atoms with Crippen LogP contribution in [0.1, 0.15) is 12.8 Å². The third kappa shape index (κ3) is 2.54. The summed E-state index contributed by atoms with van der Waals surface area (Å²) in [7, 11) is 0. The molecule has 2 aromatic heterocycles. The Bertz CT molecular complexity index is 561. The van der Waals surface area contributed by atoms with Gasteiger partial charge in [-0.2, -0.15) is 4.98 Å². The molecule has 0 radical (unpaired) electrons. The van der Waals surface area contributed by atoms with E-state index in [0.717, 1.165) is 31.5 Å². The number of hydrogen-bond acceptors (Lipinski definition) is 5. The highest BCUT2D eigenvalue weighted by atomic mass is 35.5. The van der Waals surface area contributed by atoms with Crippen molar-refractivity contribution >= 4 is 17.5 Å². The number of aromatic amines is 1. The predicted octanol–water partition coefficient (Wildman–Crippen LogP) is 1.45. The number of aromatic nitrogens is 4. The van der Waals surface area contributed by atoms with E-state index in [2.05, 4.69) is 25.1 Å². The Morgan fingerprint density at radius 3 is 2.89 bits per heavy atom. The molecule has 0 unspecified atom stereocenters. The minimum absolute atomic E-state index is 0.296. The molecule has 6 nitrogen and oxygen atoms in total. The first-order valence-corrected chi connectivity index (χ1v) is 6.64. The molecule has 100 valence electrons. The Morgan fingerprint density at radius 1 is 1.37 bits per heavy atom. The molecule has 0 aromatic carbocycles. The van der Waals surface area contributed by atoms with Crippen LogP contribution in [0, 0.1) is 0 Å². The van der Waals surface area contributed by atoms with Crippen molar-refractivity contribution in [3.63, 3.8) is 0 Å². The van der Waals surface area contributed by atoms with Gasteiger partial charge in [0.1, 0.15) is 0 Å². The van der Waals surface area contributed by atoms with Crippen LogP contribution < -0.4 is 10.6 Å². The molecule has 3 N–H and O–H groups in total. The van der Waals surface area contributed by atoms with Crippen molar-refractivity contribution in [1.29, 1.82) is 0 Å². The van der Waals surface area contributed by atoms with E-state index in [-0.39, 0.29) is 0 Å². The lowest BCUT2D eigenvalue weighted by atomic mass is 10.1. The average Bonchev–Trinajstić information content (AvgIpc) is 2.89. The molecule has 2 aromatic rings. The van der Waals surface area contributed by atoms with Crippen LogP contribution in [0.2, 0.25) is 5.02 Å². The summed E-state index contributed by atoms with van der Waals surface area (Å²) in [5, 5.41) is 7.74. The van der Waals surface area contributed by atoms with Crippen molar-refractivity contribution in [2.75, 3.05) is 18.0 Å². The summed E-state index contributed by atoms with van der Waals surface area (Å²) in [5.74, 6) is 1.37. The van der Waals surface area contributed by atoms with Crippen LogP contribution in [0.5, 0.6) is 0 Å². The van der Waals surface area contributed by atoms with Crippen LogP contribution >= 0.6 is 11.6 Å². The summed E-state index contributed by atoms with van der Waals surface area (Å²) in [5.41, 5.74) is 6.70. The number of halogens is 1. The molecule has 1 aliphatic rings. The second kappa shape index (κ2) is 5.14. The number of nitrogens with zero attached hydrogens (tertiary/aromatic N) is 4. The third-order valence-corrected chi connectivity index (χ3v) is 3.62. The number of hydrogen-bond donors (Lipinski definition) is 2. The van der Waals surface area contributed by atoms with Gasteiger partial charge in [-0.15, -0.1) is 5.10 Å². The maximum atomic E-state index is 6.09. The molecule has 3 heterocycles. The highest BCUT2D eigenvalue weighted by Crippen LogP contribution is 2.25. The van der Waals surface area contributed by atoms with Crippen molar-refractivity contribution < 1.29 is 0 Å². The van der Waals surface area contributed by atoms with Crippen LogP contribution in [0.4, 0.5) is 5.95 Å². The number of nitrogens with two attached hydrogens (primary N) is 1. The number of anilines is 1. The SMILES string of the molecule is NC1CCN(c2n[nH]c(-c3ccncc3Cl)n2)CC1. The standard InChI is InChI=1S/C12H15ClN6/c13-10-7-15-4-1-9(10)11-16-12(18-17-11)19-5-2-8(14)3-6-19/h1,4,7-8H,2-3,5-6,14H2,(H,16,17,18). The quantitative estimate of drug-likeness (QED) is 0.869. The van der Waals surface area contributed by atoms with Gasteiger partial charge >= 0.3 is 0 Å². The molecule has 1 aliphatic heterocycles. The molecule has 0 saturated carbocycles. The molecule has 3 rings (SSSR count). The molecule has 0 bridgehead atoms. The van der Waals surface area contributed by atoms with Crippen LogP contribution in [-0.2, 0) is 0 Å². The normalized spacial score (nSPS) is 16.8. The Labute approximate surface area is 116 Å². The summed E-state index contributed by atoms with van der Waals surface area (Å²) >= 11 is 6.09. The van der Waals surface area contributed by atoms with E-state index >= 15 is 0 Å². The van der Waals surface area contributed by atoms with Gasteiger partial charge in [-0.3, -0.25) is 10.1 Å². The first-order chi connectivity index (χ1) is 9.24. The number of rotatable bonds is 2. The fourth-order valence-electron chi connectivity index (χ4n) is 2.18. The van der Waals surface area contributed by atoms with E-state index in [1.54, 1.807) is 12.4 Å². The summed E-state index contributed by atoms with van der Waals surface area (Å²) in [6.07, 6.45) is 5.22. The van der Waals surface area contributed by atoms with Gasteiger partial charge in [0.05, 0.1) is 5.02 Å². The molecule has 19 heavy (non-hydrogen) atoms. The third-order valence-electron chi connectivity index (χ3n) is 3.32. The smallest absolute Gasteiger partial charge is 0.245 e. The minimum Gasteiger partial charge on any atom is -0.339 e. The molecule has 7 heteroatoms. The van der Waals surface area contributed by atoms with Crippen molar-refractivity contribution in [1.82, 2.24) is 20.2 Å². The van der Waals surface area contributed by atoms with Gasteiger partial charge in [0.2, 0.25) is 5.95 Å². The van der Waals surface area contributed by atoms with E-state index < -0.39 is 0 Å². The molecule has 0 atom stereocenters. The Kier molecular flexibility index (Phi) is 3.35. The summed E-state index contributed by atoms with van der Waals surface area (Å²) in [4.78, 5) is 10.6. The van der Waals surface area contributed by atoms with Gasteiger partial charge in [0.15, 0.2) is 5.82 Å². The zero-order chi connectivity index (χ0) is 13.2. The van der Waals surface area contributed by atoms with Gasteiger partial charge in [0.25, 0.3) is 0 Å². The van der Waals surface area contributed by atoms with Crippen molar-refractivity contribution in [2.45, 2.75) is 18.9 Å². The zero-order valence-corrected chi connectivity index (χ0v) is 11.1. The van der Waals surface area contributed by atoms with E-state index in [9.17, 15) is 0 Å². The van der Waals surface area contributed by atoms with E-state index in [1.165, 1.54) is 0 Å². The van der Waals surface area contributed by atoms with E-state index in [1.807, 2.05) is 6.07 Å². The van der Waals surface area contributed by atoms with Crippen LogP contribution in [0.3, 0.4) is 0 Å². The Balaban J connectivity index is 1.82. The molecule has 0 amide bonds. The first-order valence-electron chi connectivity index (χ1n) is 6.27. The molecule has 0 aliphatic carbocycles. The van der Waals surface area contributed by atoms with Gasteiger partial charge in [0, 0.05) is 37.1 Å². The van der Waals surface area contributed by atoms with Crippen molar-refractivity contribution in [3.8, 4) is 11.4 Å². The molecule has 0 spiro atoms. The monoisotopic (exact) mass is 278 g/mol. The molecule has 1 fully saturated rings. The first kappa shape index (κ1) is 12.4. The largest absolute Gasteiger partial charge is 0.339 e. The lowest BCUT2D eigenvalue weighted by molar-refractivity contribution is 0.496. The highest BCUT2D eigenvalue weighted by Gasteiger charge is 2.20.